The number of hydrogen-bond acceptors (Lipinski definition) is 7. The number of carbonyl (C=O) groups excluding carboxylic acids is 1. The number of carboxylic acids is 1. The van der Waals surface area contributed by atoms with Crippen LogP contribution in [-0.4, -0.2) is 75.9 Å². The van der Waals surface area contributed by atoms with Gasteiger partial charge in [-0.15, -0.1) is 11.8 Å². The fourth-order valence-corrected chi connectivity index (χ4v) is 7.43. The average Bonchev–Trinajstić information content (AvgIpc) is 3.48. The molecule has 0 aliphatic carbocycles. The van der Waals surface area contributed by atoms with E-state index >= 15 is 0 Å². The zero-order valence-electron chi connectivity index (χ0n) is 20.9. The van der Waals surface area contributed by atoms with Gasteiger partial charge in [0.15, 0.2) is 0 Å². The molecule has 0 aromatic heterocycles. The Bertz CT molecular complexity index is 1320. The number of thioether (sulfide) groups is 1. The van der Waals surface area contributed by atoms with Crippen molar-refractivity contribution in [3.05, 3.63) is 65.7 Å². The summed E-state index contributed by atoms with van der Waals surface area (Å²) in [6, 6.07) is 14.3. The number of hydrogen-bond donors (Lipinski definition) is 1. The third kappa shape index (κ3) is 5.78. The monoisotopic (exact) mass is 542 g/mol. The van der Waals surface area contributed by atoms with E-state index in [2.05, 4.69) is 9.98 Å². The van der Waals surface area contributed by atoms with Crippen LogP contribution < -0.4 is 0 Å². The van der Waals surface area contributed by atoms with Crippen LogP contribution in [0.3, 0.4) is 0 Å². The van der Waals surface area contributed by atoms with Gasteiger partial charge in [-0.25, -0.2) is 18.2 Å². The maximum Gasteiger partial charge on any atom is 0.326 e. The van der Waals surface area contributed by atoms with Gasteiger partial charge in [-0.3, -0.25) is 9.79 Å². The minimum atomic E-state index is -3.97. The molecule has 2 aromatic carbocycles. The molecule has 2 aromatic rings. The Morgan fingerprint density at radius 1 is 1.16 bits per heavy atom. The van der Waals surface area contributed by atoms with Gasteiger partial charge in [0.2, 0.25) is 10.0 Å². The van der Waals surface area contributed by atoms with Crippen molar-refractivity contribution >= 4 is 45.7 Å². The molecule has 4 rings (SSSR count). The Hall–Kier alpha value is -3.02. The standard InChI is InChI=1S/C26H30N4O5S2/c1-18-9-11-20(12-10-18)37(34,35)30-13-14-36-24(30)23(31)29(16-19-7-5-4-6-8-19)21(25(32)33)15-22-26(2,3)28-17-27-22/h4-12,17,21,24H,13-16H2,1-3H3,(H,32,33)/t21-,24-/m0/s1. The number of amides is 1. The predicted molar refractivity (Wildman–Crippen MR) is 144 cm³/mol. The summed E-state index contributed by atoms with van der Waals surface area (Å²) in [5, 5.41) is 9.17. The lowest BCUT2D eigenvalue weighted by Gasteiger charge is -2.34. The molecule has 0 bridgehead atoms. The third-order valence-corrected chi connectivity index (χ3v) is 9.72. The lowest BCUT2D eigenvalue weighted by atomic mass is 9.93. The fourth-order valence-electron chi connectivity index (χ4n) is 4.30. The smallest absolute Gasteiger partial charge is 0.326 e. The maximum absolute atomic E-state index is 14.0. The Labute approximate surface area is 221 Å². The van der Waals surface area contributed by atoms with Crippen molar-refractivity contribution in [2.75, 3.05) is 12.3 Å². The molecule has 1 amide bonds. The summed E-state index contributed by atoms with van der Waals surface area (Å²) in [4.78, 5) is 36.5. The van der Waals surface area contributed by atoms with E-state index in [1.807, 2.05) is 51.1 Å². The molecular weight excluding hydrogens is 512 g/mol. The summed E-state index contributed by atoms with van der Waals surface area (Å²) in [6.07, 6.45) is 1.38. The van der Waals surface area contributed by atoms with Crippen molar-refractivity contribution in [2.45, 2.75) is 55.6 Å². The summed E-state index contributed by atoms with van der Waals surface area (Å²) in [7, 11) is -3.97. The number of rotatable bonds is 9. The summed E-state index contributed by atoms with van der Waals surface area (Å²) in [5.41, 5.74) is 1.52. The van der Waals surface area contributed by atoms with Gasteiger partial charge < -0.3 is 10.0 Å². The highest BCUT2D eigenvalue weighted by Gasteiger charge is 2.45. The molecule has 0 unspecified atom stereocenters. The van der Waals surface area contributed by atoms with Crippen molar-refractivity contribution in [3.63, 3.8) is 0 Å². The minimum absolute atomic E-state index is 0.0146. The fraction of sp³-hybridized carbons (Fsp3) is 0.385. The SMILES string of the molecule is Cc1ccc(S(=O)(=O)N2CCS[C@H]2C(=O)N(Cc2ccccc2)[C@@H](CC2=NC=NC2(C)C)C(=O)O)cc1. The number of carboxylic acid groups (broad SMARTS) is 1. The van der Waals surface area contributed by atoms with Crippen molar-refractivity contribution in [1.82, 2.24) is 9.21 Å². The van der Waals surface area contributed by atoms with Gasteiger partial charge in [0.05, 0.1) is 10.4 Å². The van der Waals surface area contributed by atoms with Crippen LogP contribution in [0.2, 0.25) is 0 Å². The Balaban J connectivity index is 1.69. The van der Waals surface area contributed by atoms with Crippen molar-refractivity contribution in [2.24, 2.45) is 9.98 Å². The van der Waals surface area contributed by atoms with Crippen molar-refractivity contribution in [3.8, 4) is 0 Å². The van der Waals surface area contributed by atoms with E-state index in [1.165, 1.54) is 39.4 Å². The van der Waals surface area contributed by atoms with Gasteiger partial charge in [0, 0.05) is 31.0 Å². The van der Waals surface area contributed by atoms with Crippen molar-refractivity contribution in [1.29, 1.82) is 0 Å². The van der Waals surface area contributed by atoms with E-state index in [1.54, 1.807) is 12.1 Å². The first-order valence-electron chi connectivity index (χ1n) is 11.9. The number of aryl methyl sites for hydroxylation is 1. The second kappa shape index (κ2) is 10.8. The molecule has 196 valence electrons. The second-order valence-electron chi connectivity index (χ2n) is 9.54. The van der Waals surface area contributed by atoms with Crippen LogP contribution in [0.4, 0.5) is 0 Å². The lowest BCUT2D eigenvalue weighted by Crippen LogP contribution is -2.53. The normalized spacial score (nSPS) is 20.0. The van der Waals surface area contributed by atoms with Crippen molar-refractivity contribution < 1.29 is 23.1 Å². The number of benzene rings is 2. The highest BCUT2D eigenvalue weighted by Crippen LogP contribution is 2.33. The molecule has 2 heterocycles. The largest absolute Gasteiger partial charge is 0.480 e. The van der Waals surface area contributed by atoms with Gasteiger partial charge in [0.25, 0.3) is 5.91 Å². The molecule has 2 aliphatic heterocycles. The number of aliphatic carboxylic acids is 1. The van der Waals surface area contributed by atoms with Crippen LogP contribution in [0, 0.1) is 6.92 Å². The van der Waals surface area contributed by atoms with Crippen LogP contribution in [-0.2, 0) is 26.2 Å². The molecule has 11 heteroatoms. The highest BCUT2D eigenvalue weighted by atomic mass is 32.2. The van der Waals surface area contributed by atoms with E-state index < -0.39 is 38.9 Å². The van der Waals surface area contributed by atoms with Gasteiger partial charge in [0.1, 0.15) is 17.8 Å². The first kappa shape index (κ1) is 27.0. The van der Waals surface area contributed by atoms with E-state index in [-0.39, 0.29) is 24.4 Å². The summed E-state index contributed by atoms with van der Waals surface area (Å²) in [6.45, 7) is 5.70. The van der Waals surface area contributed by atoms with Crippen LogP contribution in [0.25, 0.3) is 0 Å². The molecule has 37 heavy (non-hydrogen) atoms. The van der Waals surface area contributed by atoms with E-state index in [0.717, 1.165) is 11.1 Å². The second-order valence-corrected chi connectivity index (χ2v) is 12.6. The minimum Gasteiger partial charge on any atom is -0.480 e. The van der Waals surface area contributed by atoms with Gasteiger partial charge in [-0.05, 0) is 38.5 Å². The average molecular weight is 543 g/mol. The van der Waals surface area contributed by atoms with E-state index in [4.69, 9.17) is 0 Å². The Morgan fingerprint density at radius 2 is 1.84 bits per heavy atom. The first-order valence-corrected chi connectivity index (χ1v) is 14.4. The molecule has 2 aliphatic rings. The van der Waals surface area contributed by atoms with Crippen LogP contribution in [0.15, 0.2) is 69.5 Å². The topological polar surface area (TPSA) is 120 Å². The predicted octanol–water partition coefficient (Wildman–Crippen LogP) is 3.19. The van der Waals surface area contributed by atoms with Crippen LogP contribution in [0.1, 0.15) is 31.4 Å². The van der Waals surface area contributed by atoms with E-state index in [9.17, 15) is 23.1 Å². The molecule has 0 saturated carbocycles. The zero-order valence-corrected chi connectivity index (χ0v) is 22.6. The molecular formula is C26H30N4O5S2. The molecule has 9 nitrogen and oxygen atoms in total. The number of nitrogens with zero attached hydrogens (tertiary/aromatic N) is 4. The number of aliphatic imine (C=N–C) groups is 2. The molecule has 0 radical (unpaired) electrons. The molecule has 1 saturated heterocycles. The zero-order chi connectivity index (χ0) is 26.8. The Kier molecular flexibility index (Phi) is 7.86. The summed E-state index contributed by atoms with van der Waals surface area (Å²) in [5.74, 6) is -1.33. The summed E-state index contributed by atoms with van der Waals surface area (Å²) < 4.78 is 28.2. The van der Waals surface area contributed by atoms with Gasteiger partial charge >= 0.3 is 5.97 Å². The van der Waals surface area contributed by atoms with Gasteiger partial charge in [-0.1, -0.05) is 48.0 Å². The quantitative estimate of drug-likeness (QED) is 0.520. The summed E-state index contributed by atoms with van der Waals surface area (Å²) >= 11 is 1.20. The lowest BCUT2D eigenvalue weighted by molar-refractivity contribution is -0.151. The first-order chi connectivity index (χ1) is 17.5. The Morgan fingerprint density at radius 3 is 2.43 bits per heavy atom. The van der Waals surface area contributed by atoms with Crippen LogP contribution >= 0.6 is 11.8 Å². The van der Waals surface area contributed by atoms with E-state index in [0.29, 0.717) is 11.5 Å². The molecule has 2 atom stereocenters. The molecule has 0 spiro atoms. The van der Waals surface area contributed by atoms with Crippen LogP contribution in [0.5, 0.6) is 0 Å². The number of carbonyl (C=O) groups is 2. The third-order valence-electron chi connectivity index (χ3n) is 6.51. The number of sulfonamides is 1. The molecule has 1 fully saturated rings. The highest BCUT2D eigenvalue weighted by molar-refractivity contribution is 8.02. The van der Waals surface area contributed by atoms with Gasteiger partial charge in [-0.2, -0.15) is 4.31 Å². The molecule has 1 N–H and O–H groups in total. The maximum atomic E-state index is 14.0.